The first-order valence-electron chi connectivity index (χ1n) is 5.40. The van der Waals surface area contributed by atoms with E-state index in [2.05, 4.69) is 19.7 Å². The van der Waals surface area contributed by atoms with E-state index in [1.54, 1.807) is 18.3 Å². The highest BCUT2D eigenvalue weighted by Crippen LogP contribution is 2.19. The molecule has 0 aliphatic heterocycles. The summed E-state index contributed by atoms with van der Waals surface area (Å²) in [6, 6.07) is 3.56. The van der Waals surface area contributed by atoms with Gasteiger partial charge in [0.1, 0.15) is 5.70 Å². The Labute approximate surface area is 105 Å². The van der Waals surface area contributed by atoms with Crippen molar-refractivity contribution in [1.82, 2.24) is 4.98 Å². The van der Waals surface area contributed by atoms with E-state index in [1.165, 1.54) is 13.2 Å². The molecule has 1 rings (SSSR count). The zero-order valence-electron chi connectivity index (χ0n) is 10.5. The van der Waals surface area contributed by atoms with Crippen LogP contribution >= 0.6 is 0 Å². The lowest BCUT2D eigenvalue weighted by Gasteiger charge is -2.08. The van der Waals surface area contributed by atoms with Crippen LogP contribution in [-0.4, -0.2) is 18.1 Å². The summed E-state index contributed by atoms with van der Waals surface area (Å²) in [5, 5.41) is 3.33. The van der Waals surface area contributed by atoms with Crippen LogP contribution < -0.4 is 0 Å². The average Bonchev–Trinajstić information content (AvgIpc) is 2.37. The second kappa shape index (κ2) is 6.42. The number of carbonyl (C=O) groups excluding carboxylic acids is 1. The van der Waals surface area contributed by atoms with E-state index in [0.717, 1.165) is 11.3 Å². The van der Waals surface area contributed by atoms with E-state index in [0.29, 0.717) is 0 Å². The molecule has 0 unspecified atom stereocenters. The maximum Gasteiger partial charge on any atom is 0.340 e. The summed E-state index contributed by atoms with van der Waals surface area (Å²) in [5.41, 5.74) is 9.91. The largest absolute Gasteiger partial charge is 0.466 e. The van der Waals surface area contributed by atoms with E-state index in [4.69, 9.17) is 5.53 Å². The number of rotatable bonds is 4. The van der Waals surface area contributed by atoms with Crippen molar-refractivity contribution in [1.29, 1.82) is 0 Å². The number of aromatic nitrogens is 1. The van der Waals surface area contributed by atoms with E-state index >= 15 is 0 Å². The van der Waals surface area contributed by atoms with E-state index in [-0.39, 0.29) is 11.6 Å². The third-order valence-electron chi connectivity index (χ3n) is 2.26. The van der Waals surface area contributed by atoms with Gasteiger partial charge >= 0.3 is 5.97 Å². The molecular weight excluding hydrogens is 232 g/mol. The number of hydrogen-bond donors (Lipinski definition) is 0. The molecule has 1 aromatic rings. The fourth-order valence-electron chi connectivity index (χ4n) is 1.46. The molecule has 0 fully saturated rings. The first-order chi connectivity index (χ1) is 8.60. The molecule has 0 aliphatic carbocycles. The molecular formula is C12H14N4O2. The van der Waals surface area contributed by atoms with E-state index in [9.17, 15) is 4.79 Å². The molecule has 0 radical (unpaired) electrons. The highest BCUT2D eigenvalue weighted by Gasteiger charge is 2.11. The Hall–Kier alpha value is -2.33. The Morgan fingerprint density at radius 2 is 2.33 bits per heavy atom. The zero-order chi connectivity index (χ0) is 13.5. The molecule has 0 saturated heterocycles. The number of nitrogens with zero attached hydrogens (tertiary/aromatic N) is 4. The van der Waals surface area contributed by atoms with Crippen LogP contribution in [0.15, 0.2) is 29.1 Å². The van der Waals surface area contributed by atoms with Gasteiger partial charge in [0.25, 0.3) is 0 Å². The van der Waals surface area contributed by atoms with Gasteiger partial charge < -0.3 is 4.74 Å². The van der Waals surface area contributed by atoms with Gasteiger partial charge in [-0.15, -0.1) is 0 Å². The van der Waals surface area contributed by atoms with Crippen molar-refractivity contribution in [2.24, 2.45) is 5.11 Å². The van der Waals surface area contributed by atoms with Gasteiger partial charge in [0, 0.05) is 11.1 Å². The quantitative estimate of drug-likeness (QED) is 0.269. The zero-order valence-corrected chi connectivity index (χ0v) is 10.5. The van der Waals surface area contributed by atoms with Crippen LogP contribution in [0.1, 0.15) is 31.0 Å². The van der Waals surface area contributed by atoms with Gasteiger partial charge in [0.05, 0.1) is 12.8 Å². The molecule has 0 amide bonds. The number of ether oxygens (including phenoxy) is 1. The van der Waals surface area contributed by atoms with Crippen LogP contribution in [0.4, 0.5) is 0 Å². The van der Waals surface area contributed by atoms with Crippen LogP contribution in [0.5, 0.6) is 0 Å². The van der Waals surface area contributed by atoms with Gasteiger partial charge in [-0.3, -0.25) is 4.98 Å². The van der Waals surface area contributed by atoms with Crippen LogP contribution in [0.25, 0.3) is 16.5 Å². The number of carbonyl (C=O) groups is 1. The summed E-state index contributed by atoms with van der Waals surface area (Å²) in [7, 11) is 1.23. The topological polar surface area (TPSA) is 88.0 Å². The van der Waals surface area contributed by atoms with Gasteiger partial charge in [0.15, 0.2) is 0 Å². The first-order valence-corrected chi connectivity index (χ1v) is 5.40. The molecule has 1 aromatic heterocycles. The molecule has 18 heavy (non-hydrogen) atoms. The first kappa shape index (κ1) is 13.7. The second-order valence-electron chi connectivity index (χ2n) is 3.84. The monoisotopic (exact) mass is 246 g/mol. The fourth-order valence-corrected chi connectivity index (χ4v) is 1.46. The summed E-state index contributed by atoms with van der Waals surface area (Å²) < 4.78 is 4.54. The average molecular weight is 246 g/mol. The van der Waals surface area contributed by atoms with Crippen molar-refractivity contribution >= 4 is 12.0 Å². The maximum atomic E-state index is 11.4. The SMILES string of the molecule is COC(=O)/C(=C/c1cccnc1C(C)C)N=[N+]=[N-]. The minimum atomic E-state index is -0.675. The molecule has 0 atom stereocenters. The summed E-state index contributed by atoms with van der Waals surface area (Å²) in [6.45, 7) is 3.98. The molecule has 0 spiro atoms. The predicted octanol–water partition coefficient (Wildman–Crippen LogP) is 3.03. The van der Waals surface area contributed by atoms with E-state index < -0.39 is 5.97 Å². The summed E-state index contributed by atoms with van der Waals surface area (Å²) in [5.74, 6) is -0.478. The highest BCUT2D eigenvalue weighted by molar-refractivity contribution is 5.93. The molecule has 0 saturated carbocycles. The summed E-state index contributed by atoms with van der Waals surface area (Å²) >= 11 is 0. The maximum absolute atomic E-state index is 11.4. The molecule has 6 nitrogen and oxygen atoms in total. The molecule has 0 aliphatic rings. The van der Waals surface area contributed by atoms with Gasteiger partial charge in [-0.05, 0) is 29.2 Å². The Kier molecular flexibility index (Phi) is 4.90. The van der Waals surface area contributed by atoms with Crippen LogP contribution in [0.2, 0.25) is 0 Å². The van der Waals surface area contributed by atoms with Crippen molar-refractivity contribution in [3.05, 3.63) is 45.7 Å². The van der Waals surface area contributed by atoms with Gasteiger partial charge in [0.2, 0.25) is 0 Å². The molecule has 0 N–H and O–H groups in total. The van der Waals surface area contributed by atoms with Crippen molar-refractivity contribution in [2.45, 2.75) is 19.8 Å². The number of hydrogen-bond acceptors (Lipinski definition) is 4. The standard InChI is InChI=1S/C12H14N4O2/c1-8(2)11-9(5-4-6-14-11)7-10(15-16-13)12(17)18-3/h4-8H,1-3H3/b10-7-. The van der Waals surface area contributed by atoms with Crippen molar-refractivity contribution in [3.63, 3.8) is 0 Å². The highest BCUT2D eigenvalue weighted by atomic mass is 16.5. The third-order valence-corrected chi connectivity index (χ3v) is 2.26. The van der Waals surface area contributed by atoms with Crippen molar-refractivity contribution in [3.8, 4) is 0 Å². The number of esters is 1. The van der Waals surface area contributed by atoms with Crippen LogP contribution in [-0.2, 0) is 9.53 Å². The van der Waals surface area contributed by atoms with Gasteiger partial charge in [-0.1, -0.05) is 25.0 Å². The van der Waals surface area contributed by atoms with Crippen LogP contribution in [0, 0.1) is 0 Å². The van der Waals surface area contributed by atoms with Gasteiger partial charge in [-0.2, -0.15) is 0 Å². The normalized spacial score (nSPS) is 11.0. The van der Waals surface area contributed by atoms with Crippen LogP contribution in [0.3, 0.4) is 0 Å². The Morgan fingerprint density at radius 3 is 2.89 bits per heavy atom. The lowest BCUT2D eigenvalue weighted by atomic mass is 10.0. The number of pyridine rings is 1. The molecule has 6 heteroatoms. The van der Waals surface area contributed by atoms with Crippen molar-refractivity contribution in [2.75, 3.05) is 7.11 Å². The minimum absolute atomic E-state index is 0.0881. The van der Waals surface area contributed by atoms with Gasteiger partial charge in [-0.25, -0.2) is 4.79 Å². The molecule has 0 aromatic carbocycles. The Bertz CT molecular complexity index is 517. The minimum Gasteiger partial charge on any atom is -0.466 e. The number of azide groups is 1. The van der Waals surface area contributed by atoms with Crippen molar-refractivity contribution < 1.29 is 9.53 Å². The number of methoxy groups -OCH3 is 1. The fraction of sp³-hybridized carbons (Fsp3) is 0.333. The summed E-state index contributed by atoms with van der Waals surface area (Å²) in [4.78, 5) is 18.3. The lowest BCUT2D eigenvalue weighted by Crippen LogP contribution is -2.03. The third kappa shape index (κ3) is 3.33. The van der Waals surface area contributed by atoms with E-state index in [1.807, 2.05) is 13.8 Å². The lowest BCUT2D eigenvalue weighted by molar-refractivity contribution is -0.136. The Morgan fingerprint density at radius 1 is 1.61 bits per heavy atom. The molecule has 0 bridgehead atoms. The second-order valence-corrected chi connectivity index (χ2v) is 3.84. The smallest absolute Gasteiger partial charge is 0.340 e. The summed E-state index contributed by atoms with van der Waals surface area (Å²) in [6.07, 6.45) is 3.16. The predicted molar refractivity (Wildman–Crippen MR) is 67.5 cm³/mol. The Balaban J connectivity index is 3.28. The molecule has 94 valence electrons. The molecule has 1 heterocycles.